The van der Waals surface area contributed by atoms with Crippen LogP contribution in [-0.4, -0.2) is 11.8 Å². The molecule has 0 amide bonds. The minimum atomic E-state index is -0.344. The monoisotopic (exact) mass is 291 g/mol. The van der Waals surface area contributed by atoms with Crippen molar-refractivity contribution in [3.8, 4) is 0 Å². The van der Waals surface area contributed by atoms with Gasteiger partial charge in [0.15, 0.2) is 5.78 Å². The van der Waals surface area contributed by atoms with Crippen LogP contribution in [0.1, 0.15) is 36.0 Å². The first-order valence-corrected chi connectivity index (χ1v) is 7.46. The zero-order chi connectivity index (χ0) is 14.7. The molecule has 2 rings (SSSR count). The number of carbonyl (C=O) groups excluding carboxylic acids is 1. The fourth-order valence-corrected chi connectivity index (χ4v) is 2.78. The number of thiophene rings is 1. The van der Waals surface area contributed by atoms with Gasteiger partial charge in [0.2, 0.25) is 0 Å². The molecule has 0 atom stereocenters. The molecule has 0 unspecified atom stereocenters. The van der Waals surface area contributed by atoms with Crippen LogP contribution in [0.15, 0.2) is 35.7 Å². The molecule has 1 aromatic heterocycles. The summed E-state index contributed by atoms with van der Waals surface area (Å²) in [5.41, 5.74) is 0.949. The highest BCUT2D eigenvalue weighted by molar-refractivity contribution is 7.09. The van der Waals surface area contributed by atoms with Crippen molar-refractivity contribution < 1.29 is 9.18 Å². The normalized spacial score (nSPS) is 10.8. The average molecular weight is 291 g/mol. The fraction of sp³-hybridized carbons (Fsp3) is 0.312. The number of ketones is 1. The third-order valence-electron chi connectivity index (χ3n) is 3.19. The zero-order valence-corrected chi connectivity index (χ0v) is 12.7. The molecule has 2 nitrogen and oxygen atoms in total. The smallest absolute Gasteiger partial charge is 0.159 e. The molecule has 0 spiro atoms. The second kappa shape index (κ2) is 6.18. The van der Waals surface area contributed by atoms with Gasteiger partial charge >= 0.3 is 0 Å². The van der Waals surface area contributed by atoms with E-state index >= 15 is 0 Å². The summed E-state index contributed by atoms with van der Waals surface area (Å²) in [6, 6.07) is 8.91. The lowest BCUT2D eigenvalue weighted by Crippen LogP contribution is -2.30. The van der Waals surface area contributed by atoms with E-state index in [1.807, 2.05) is 36.3 Å². The van der Waals surface area contributed by atoms with Crippen LogP contribution in [-0.2, 0) is 6.54 Å². The quantitative estimate of drug-likeness (QED) is 0.756. The van der Waals surface area contributed by atoms with Crippen LogP contribution in [0.2, 0.25) is 0 Å². The van der Waals surface area contributed by atoms with Crippen LogP contribution < -0.4 is 4.90 Å². The van der Waals surface area contributed by atoms with Crippen molar-refractivity contribution in [1.82, 2.24) is 0 Å². The van der Waals surface area contributed by atoms with Crippen molar-refractivity contribution >= 4 is 22.8 Å². The molecule has 0 aliphatic rings. The molecule has 0 fully saturated rings. The van der Waals surface area contributed by atoms with E-state index in [1.165, 1.54) is 17.9 Å². The molecule has 106 valence electrons. The number of rotatable bonds is 5. The van der Waals surface area contributed by atoms with Gasteiger partial charge in [-0.1, -0.05) is 6.07 Å². The molecule has 20 heavy (non-hydrogen) atoms. The van der Waals surface area contributed by atoms with Gasteiger partial charge in [-0.3, -0.25) is 4.79 Å². The molecule has 1 aromatic carbocycles. The van der Waals surface area contributed by atoms with Gasteiger partial charge < -0.3 is 4.90 Å². The minimum Gasteiger partial charge on any atom is -0.362 e. The first kappa shape index (κ1) is 14.7. The van der Waals surface area contributed by atoms with Crippen LogP contribution in [0.25, 0.3) is 0 Å². The highest BCUT2D eigenvalue weighted by Gasteiger charge is 2.16. The SMILES string of the molecule is CC(=O)c1ccc(N(Cc2cccs2)C(C)C)c(F)c1. The van der Waals surface area contributed by atoms with Crippen molar-refractivity contribution in [3.05, 3.63) is 52.0 Å². The maximum Gasteiger partial charge on any atom is 0.159 e. The van der Waals surface area contributed by atoms with Crippen LogP contribution in [0, 0.1) is 5.82 Å². The Kier molecular flexibility index (Phi) is 4.55. The van der Waals surface area contributed by atoms with E-state index in [1.54, 1.807) is 23.5 Å². The van der Waals surface area contributed by atoms with Gasteiger partial charge in [0.1, 0.15) is 5.82 Å². The second-order valence-electron chi connectivity index (χ2n) is 5.02. The molecule has 4 heteroatoms. The Hall–Kier alpha value is -1.68. The zero-order valence-electron chi connectivity index (χ0n) is 11.9. The van der Waals surface area contributed by atoms with Crippen molar-refractivity contribution in [2.24, 2.45) is 0 Å². The van der Waals surface area contributed by atoms with Gasteiger partial charge in [-0.2, -0.15) is 0 Å². The van der Waals surface area contributed by atoms with E-state index < -0.39 is 0 Å². The highest BCUT2D eigenvalue weighted by Crippen LogP contribution is 2.26. The lowest BCUT2D eigenvalue weighted by Gasteiger charge is -2.29. The summed E-state index contributed by atoms with van der Waals surface area (Å²) in [6.45, 7) is 6.18. The van der Waals surface area contributed by atoms with Crippen LogP contribution in [0.3, 0.4) is 0 Å². The Labute approximate surface area is 122 Å². The third kappa shape index (κ3) is 3.25. The standard InChI is InChI=1S/C16H18FNOS/c1-11(2)18(10-14-5-4-8-20-14)16-7-6-13(12(3)19)9-15(16)17/h4-9,11H,10H2,1-3H3. The first-order chi connectivity index (χ1) is 9.49. The number of hydrogen-bond acceptors (Lipinski definition) is 3. The predicted octanol–water partition coefficient (Wildman–Crippen LogP) is 4.50. The summed E-state index contributed by atoms with van der Waals surface area (Å²) in [6.07, 6.45) is 0. The van der Waals surface area contributed by atoms with Gasteiger partial charge in [0.25, 0.3) is 0 Å². The van der Waals surface area contributed by atoms with E-state index in [9.17, 15) is 9.18 Å². The van der Waals surface area contributed by atoms with Crippen LogP contribution in [0.4, 0.5) is 10.1 Å². The number of halogens is 1. The van der Waals surface area contributed by atoms with E-state index in [2.05, 4.69) is 0 Å². The van der Waals surface area contributed by atoms with Gasteiger partial charge in [-0.05, 0) is 50.4 Å². The van der Waals surface area contributed by atoms with E-state index in [0.717, 1.165) is 0 Å². The molecule has 0 aliphatic carbocycles. The first-order valence-electron chi connectivity index (χ1n) is 6.58. The van der Waals surface area contributed by atoms with Crippen molar-refractivity contribution in [2.75, 3.05) is 4.90 Å². The number of nitrogens with zero attached hydrogens (tertiary/aromatic N) is 1. The van der Waals surface area contributed by atoms with E-state index in [0.29, 0.717) is 17.8 Å². The fourth-order valence-electron chi connectivity index (χ4n) is 2.08. The van der Waals surface area contributed by atoms with Gasteiger partial charge in [-0.15, -0.1) is 11.3 Å². The Morgan fingerprint density at radius 1 is 1.35 bits per heavy atom. The second-order valence-corrected chi connectivity index (χ2v) is 6.06. The summed E-state index contributed by atoms with van der Waals surface area (Å²) >= 11 is 1.66. The number of carbonyl (C=O) groups is 1. The van der Waals surface area contributed by atoms with Crippen LogP contribution >= 0.6 is 11.3 Å². The minimum absolute atomic E-state index is 0.121. The Morgan fingerprint density at radius 2 is 2.10 bits per heavy atom. The van der Waals surface area contributed by atoms with E-state index in [-0.39, 0.29) is 17.6 Å². The van der Waals surface area contributed by atoms with E-state index in [4.69, 9.17) is 0 Å². The van der Waals surface area contributed by atoms with Crippen LogP contribution in [0.5, 0.6) is 0 Å². The van der Waals surface area contributed by atoms with Crippen molar-refractivity contribution in [1.29, 1.82) is 0 Å². The molecule has 0 aliphatic heterocycles. The molecule has 1 heterocycles. The predicted molar refractivity (Wildman–Crippen MR) is 82.0 cm³/mol. The molecular formula is C16H18FNOS. The lowest BCUT2D eigenvalue weighted by atomic mass is 10.1. The summed E-state index contributed by atoms with van der Waals surface area (Å²) < 4.78 is 14.3. The molecule has 0 saturated carbocycles. The van der Waals surface area contributed by atoms with Gasteiger partial charge in [0, 0.05) is 16.5 Å². The summed E-state index contributed by atoms with van der Waals surface area (Å²) in [5, 5.41) is 2.02. The Bertz CT molecular complexity index is 593. The number of hydrogen-bond donors (Lipinski definition) is 0. The maximum absolute atomic E-state index is 14.3. The maximum atomic E-state index is 14.3. The Morgan fingerprint density at radius 3 is 2.60 bits per heavy atom. The average Bonchev–Trinajstić information content (AvgIpc) is 2.89. The number of benzene rings is 1. The van der Waals surface area contributed by atoms with Crippen molar-refractivity contribution in [3.63, 3.8) is 0 Å². The third-order valence-corrected chi connectivity index (χ3v) is 4.05. The molecule has 2 aromatic rings. The summed E-state index contributed by atoms with van der Waals surface area (Å²) in [4.78, 5) is 14.5. The summed E-state index contributed by atoms with van der Waals surface area (Å²) in [5.74, 6) is -0.465. The molecular weight excluding hydrogens is 273 g/mol. The summed E-state index contributed by atoms with van der Waals surface area (Å²) in [7, 11) is 0. The largest absolute Gasteiger partial charge is 0.362 e. The molecule has 0 N–H and O–H groups in total. The Balaban J connectivity index is 2.32. The highest BCUT2D eigenvalue weighted by atomic mass is 32.1. The molecule has 0 bridgehead atoms. The number of anilines is 1. The topological polar surface area (TPSA) is 20.3 Å². The molecule has 0 radical (unpaired) electrons. The van der Waals surface area contributed by atoms with Crippen molar-refractivity contribution in [2.45, 2.75) is 33.4 Å². The van der Waals surface area contributed by atoms with Gasteiger partial charge in [0.05, 0.1) is 12.2 Å². The lowest BCUT2D eigenvalue weighted by molar-refractivity contribution is 0.101. The molecule has 0 saturated heterocycles. The van der Waals surface area contributed by atoms with Gasteiger partial charge in [-0.25, -0.2) is 4.39 Å². The number of Topliss-reactive ketones (excluding diaryl/α,β-unsaturated/α-hetero) is 1.